The fourth-order valence-electron chi connectivity index (χ4n) is 1.95. The second-order valence-corrected chi connectivity index (χ2v) is 4.92. The molecule has 0 amide bonds. The van der Waals surface area contributed by atoms with Crippen molar-refractivity contribution in [2.75, 3.05) is 19.8 Å². The minimum Gasteiger partial charge on any atom is -0.486 e. The van der Waals surface area contributed by atoms with Crippen LogP contribution in [0.15, 0.2) is 10.5 Å². The summed E-state index contributed by atoms with van der Waals surface area (Å²) in [6, 6.07) is 2.08. The van der Waals surface area contributed by atoms with E-state index in [0.29, 0.717) is 25.7 Å². The van der Waals surface area contributed by atoms with Crippen LogP contribution in [0.5, 0.6) is 11.5 Å². The number of nitrogens with two attached hydrogens (primary N) is 1. The molecule has 4 heteroatoms. The van der Waals surface area contributed by atoms with Crippen molar-refractivity contribution in [1.82, 2.24) is 0 Å². The van der Waals surface area contributed by atoms with Gasteiger partial charge in [0, 0.05) is 0 Å². The molecule has 0 radical (unpaired) electrons. The van der Waals surface area contributed by atoms with Crippen LogP contribution in [0.2, 0.25) is 0 Å². The van der Waals surface area contributed by atoms with Gasteiger partial charge in [0.25, 0.3) is 0 Å². The lowest BCUT2D eigenvalue weighted by Gasteiger charge is -2.24. The van der Waals surface area contributed by atoms with Gasteiger partial charge in [0.2, 0.25) is 0 Å². The standard InChI is InChI=1S/C12H16BrNO2/c1-7(6-14)9-5-10(13)12-11(8(9)2)15-3-4-16-12/h5,7H,3-4,6,14H2,1-2H3. The van der Waals surface area contributed by atoms with Crippen LogP contribution in [0.1, 0.15) is 24.0 Å². The van der Waals surface area contributed by atoms with E-state index in [1.165, 1.54) is 5.56 Å². The second-order valence-electron chi connectivity index (χ2n) is 4.06. The molecule has 2 N–H and O–H groups in total. The van der Waals surface area contributed by atoms with E-state index in [1.54, 1.807) is 0 Å². The number of hydrogen-bond acceptors (Lipinski definition) is 3. The number of hydrogen-bond donors (Lipinski definition) is 1. The van der Waals surface area contributed by atoms with Crippen molar-refractivity contribution in [3.8, 4) is 11.5 Å². The summed E-state index contributed by atoms with van der Waals surface area (Å²) in [4.78, 5) is 0. The highest BCUT2D eigenvalue weighted by molar-refractivity contribution is 9.10. The lowest BCUT2D eigenvalue weighted by molar-refractivity contribution is 0.169. The normalized spacial score (nSPS) is 16.0. The second kappa shape index (κ2) is 4.63. The zero-order valence-corrected chi connectivity index (χ0v) is 11.1. The Hall–Kier alpha value is -0.740. The molecule has 1 heterocycles. The molecule has 0 bridgehead atoms. The molecule has 0 aromatic heterocycles. The largest absolute Gasteiger partial charge is 0.486 e. The van der Waals surface area contributed by atoms with E-state index in [-0.39, 0.29) is 0 Å². The van der Waals surface area contributed by atoms with E-state index >= 15 is 0 Å². The van der Waals surface area contributed by atoms with Crippen LogP contribution in [-0.2, 0) is 0 Å². The lowest BCUT2D eigenvalue weighted by atomic mass is 9.95. The van der Waals surface area contributed by atoms with E-state index in [9.17, 15) is 0 Å². The van der Waals surface area contributed by atoms with Gasteiger partial charge in [0.1, 0.15) is 13.2 Å². The molecule has 1 unspecified atom stereocenters. The SMILES string of the molecule is Cc1c(C(C)CN)cc(Br)c2c1OCCO2. The maximum atomic E-state index is 5.71. The molecule has 0 fully saturated rings. The number of fused-ring (bicyclic) bond motifs is 1. The van der Waals surface area contributed by atoms with Gasteiger partial charge in [-0.2, -0.15) is 0 Å². The number of halogens is 1. The van der Waals surface area contributed by atoms with Crippen molar-refractivity contribution in [2.24, 2.45) is 5.73 Å². The number of benzene rings is 1. The first-order valence-electron chi connectivity index (χ1n) is 5.43. The van der Waals surface area contributed by atoms with Gasteiger partial charge in [-0.1, -0.05) is 6.92 Å². The van der Waals surface area contributed by atoms with Crippen molar-refractivity contribution in [2.45, 2.75) is 19.8 Å². The first-order valence-corrected chi connectivity index (χ1v) is 6.23. The van der Waals surface area contributed by atoms with E-state index in [0.717, 1.165) is 21.5 Å². The van der Waals surface area contributed by atoms with Gasteiger partial charge in [-0.3, -0.25) is 0 Å². The van der Waals surface area contributed by atoms with E-state index in [1.807, 2.05) is 0 Å². The molecule has 1 aliphatic rings. The third-order valence-electron chi connectivity index (χ3n) is 2.94. The van der Waals surface area contributed by atoms with E-state index < -0.39 is 0 Å². The first-order chi connectivity index (χ1) is 7.65. The van der Waals surface area contributed by atoms with Gasteiger partial charge in [-0.25, -0.2) is 0 Å². The van der Waals surface area contributed by atoms with Crippen LogP contribution < -0.4 is 15.2 Å². The van der Waals surface area contributed by atoms with E-state index in [4.69, 9.17) is 15.2 Å². The fourth-order valence-corrected chi connectivity index (χ4v) is 2.50. The smallest absolute Gasteiger partial charge is 0.175 e. The van der Waals surface area contributed by atoms with Gasteiger partial charge < -0.3 is 15.2 Å². The molecule has 1 aromatic carbocycles. The van der Waals surface area contributed by atoms with Crippen LogP contribution in [-0.4, -0.2) is 19.8 Å². The van der Waals surface area contributed by atoms with Crippen LogP contribution in [0, 0.1) is 6.92 Å². The molecule has 0 saturated carbocycles. The van der Waals surface area contributed by atoms with E-state index in [2.05, 4.69) is 35.8 Å². The summed E-state index contributed by atoms with van der Waals surface area (Å²) in [5, 5.41) is 0. The molecule has 16 heavy (non-hydrogen) atoms. The highest BCUT2D eigenvalue weighted by atomic mass is 79.9. The molecular formula is C12H16BrNO2. The molecule has 3 nitrogen and oxygen atoms in total. The quantitative estimate of drug-likeness (QED) is 0.908. The van der Waals surface area contributed by atoms with Crippen LogP contribution >= 0.6 is 15.9 Å². The predicted octanol–water partition coefficient (Wildman–Crippen LogP) is 2.59. The van der Waals surface area contributed by atoms with Crippen LogP contribution in [0.25, 0.3) is 0 Å². The fraction of sp³-hybridized carbons (Fsp3) is 0.500. The van der Waals surface area contributed by atoms with Crippen LogP contribution in [0.4, 0.5) is 0 Å². The molecule has 0 saturated heterocycles. The molecular weight excluding hydrogens is 270 g/mol. The average molecular weight is 286 g/mol. The Bertz CT molecular complexity index is 406. The Morgan fingerprint density at radius 3 is 2.62 bits per heavy atom. The van der Waals surface area contributed by atoms with Crippen molar-refractivity contribution in [1.29, 1.82) is 0 Å². The summed E-state index contributed by atoms with van der Waals surface area (Å²) in [7, 11) is 0. The summed E-state index contributed by atoms with van der Waals surface area (Å²) in [6.45, 7) is 6.02. The minimum atomic E-state index is 0.326. The Morgan fingerprint density at radius 2 is 2.00 bits per heavy atom. The third-order valence-corrected chi connectivity index (χ3v) is 3.53. The Kier molecular flexibility index (Phi) is 3.40. The summed E-state index contributed by atoms with van der Waals surface area (Å²) in [5.41, 5.74) is 8.07. The summed E-state index contributed by atoms with van der Waals surface area (Å²) < 4.78 is 12.2. The predicted molar refractivity (Wildman–Crippen MR) is 67.3 cm³/mol. The average Bonchev–Trinajstić information content (AvgIpc) is 2.33. The highest BCUT2D eigenvalue weighted by Gasteiger charge is 2.22. The first kappa shape index (κ1) is 11.7. The molecule has 1 aromatic rings. The van der Waals surface area contributed by atoms with Crippen molar-refractivity contribution >= 4 is 15.9 Å². The van der Waals surface area contributed by atoms with Gasteiger partial charge >= 0.3 is 0 Å². The maximum absolute atomic E-state index is 5.71. The van der Waals surface area contributed by atoms with Crippen molar-refractivity contribution < 1.29 is 9.47 Å². The molecule has 88 valence electrons. The summed E-state index contributed by atoms with van der Waals surface area (Å²) >= 11 is 3.52. The summed E-state index contributed by atoms with van der Waals surface area (Å²) in [5.74, 6) is 2.00. The van der Waals surface area contributed by atoms with Crippen LogP contribution in [0.3, 0.4) is 0 Å². The molecule has 0 spiro atoms. The third kappa shape index (κ3) is 1.92. The van der Waals surface area contributed by atoms with Gasteiger partial charge in [-0.15, -0.1) is 0 Å². The molecule has 2 rings (SSSR count). The lowest BCUT2D eigenvalue weighted by Crippen LogP contribution is -2.18. The Labute approximate surface area is 104 Å². The monoisotopic (exact) mass is 285 g/mol. The zero-order chi connectivity index (χ0) is 11.7. The highest BCUT2D eigenvalue weighted by Crippen LogP contribution is 2.43. The van der Waals surface area contributed by atoms with Crippen molar-refractivity contribution in [3.63, 3.8) is 0 Å². The van der Waals surface area contributed by atoms with Gasteiger partial charge in [0.05, 0.1) is 4.47 Å². The maximum Gasteiger partial charge on any atom is 0.175 e. The topological polar surface area (TPSA) is 44.5 Å². The van der Waals surface area contributed by atoms with Gasteiger partial charge in [0.15, 0.2) is 11.5 Å². The summed E-state index contributed by atoms with van der Waals surface area (Å²) in [6.07, 6.45) is 0. The number of ether oxygens (including phenoxy) is 2. The minimum absolute atomic E-state index is 0.326. The number of rotatable bonds is 2. The molecule has 1 atom stereocenters. The Morgan fingerprint density at radius 1 is 1.38 bits per heavy atom. The molecule has 0 aliphatic carbocycles. The Balaban J connectivity index is 2.53. The zero-order valence-electron chi connectivity index (χ0n) is 9.55. The van der Waals surface area contributed by atoms with Crippen molar-refractivity contribution in [3.05, 3.63) is 21.7 Å². The van der Waals surface area contributed by atoms with Gasteiger partial charge in [-0.05, 0) is 52.5 Å². The molecule has 1 aliphatic heterocycles.